The first-order valence-corrected chi connectivity index (χ1v) is 7.01. The number of benzene rings is 1. The van der Waals surface area contributed by atoms with Crippen molar-refractivity contribution >= 4 is 17.2 Å². The lowest BCUT2D eigenvalue weighted by molar-refractivity contribution is 0.0948. The van der Waals surface area contributed by atoms with Gasteiger partial charge in [-0.25, -0.2) is 4.39 Å². The lowest BCUT2D eigenvalue weighted by Crippen LogP contribution is -2.22. The van der Waals surface area contributed by atoms with E-state index in [9.17, 15) is 14.3 Å². The highest BCUT2D eigenvalue weighted by Crippen LogP contribution is 2.18. The van der Waals surface area contributed by atoms with Crippen molar-refractivity contribution in [2.75, 3.05) is 6.54 Å². The van der Waals surface area contributed by atoms with Crippen LogP contribution in [0.2, 0.25) is 0 Å². The summed E-state index contributed by atoms with van der Waals surface area (Å²) in [7, 11) is 0. The standard InChI is InChI=1S/C15H13FN2O2S/c16-11-3-4-13(14(19)7-11)15(20)18-8-12-6-10(9-21-12)2-1-5-17/h3-4,6-7,9,19H,5,8,17H2,(H,18,20). The first kappa shape index (κ1) is 15.0. The van der Waals surface area contributed by atoms with Crippen LogP contribution in [0, 0.1) is 17.7 Å². The van der Waals surface area contributed by atoms with Gasteiger partial charge in [0, 0.05) is 21.9 Å². The Morgan fingerprint density at radius 2 is 2.24 bits per heavy atom. The number of nitrogens with one attached hydrogen (secondary N) is 1. The first-order chi connectivity index (χ1) is 10.1. The molecule has 0 saturated carbocycles. The zero-order chi connectivity index (χ0) is 15.2. The summed E-state index contributed by atoms with van der Waals surface area (Å²) >= 11 is 1.46. The van der Waals surface area contributed by atoms with Crippen LogP contribution in [0.3, 0.4) is 0 Å². The zero-order valence-electron chi connectivity index (χ0n) is 11.0. The van der Waals surface area contributed by atoms with Crippen molar-refractivity contribution in [3.05, 3.63) is 51.5 Å². The van der Waals surface area contributed by atoms with Gasteiger partial charge < -0.3 is 16.2 Å². The summed E-state index contributed by atoms with van der Waals surface area (Å²) in [5.74, 6) is 4.21. The maximum Gasteiger partial charge on any atom is 0.255 e. The van der Waals surface area contributed by atoms with E-state index in [1.165, 1.54) is 17.4 Å². The van der Waals surface area contributed by atoms with Gasteiger partial charge in [0.25, 0.3) is 5.91 Å². The van der Waals surface area contributed by atoms with Crippen LogP contribution in [0.15, 0.2) is 29.6 Å². The van der Waals surface area contributed by atoms with Gasteiger partial charge in [-0.05, 0) is 18.2 Å². The summed E-state index contributed by atoms with van der Waals surface area (Å²) in [5.41, 5.74) is 6.18. The maximum absolute atomic E-state index is 12.9. The monoisotopic (exact) mass is 304 g/mol. The molecule has 0 saturated heterocycles. The third-order valence-electron chi connectivity index (χ3n) is 2.62. The largest absolute Gasteiger partial charge is 0.507 e. The Bertz CT molecular complexity index is 716. The van der Waals surface area contributed by atoms with Gasteiger partial charge in [0.05, 0.1) is 18.7 Å². The Morgan fingerprint density at radius 1 is 1.43 bits per heavy atom. The van der Waals surface area contributed by atoms with E-state index >= 15 is 0 Å². The van der Waals surface area contributed by atoms with Crippen LogP contribution >= 0.6 is 11.3 Å². The van der Waals surface area contributed by atoms with Gasteiger partial charge in [-0.1, -0.05) is 11.8 Å². The lowest BCUT2D eigenvalue weighted by atomic mass is 10.2. The van der Waals surface area contributed by atoms with E-state index in [1.807, 2.05) is 11.4 Å². The number of hydrogen-bond donors (Lipinski definition) is 3. The van der Waals surface area contributed by atoms with Crippen molar-refractivity contribution in [2.45, 2.75) is 6.54 Å². The van der Waals surface area contributed by atoms with E-state index in [1.54, 1.807) is 0 Å². The molecule has 1 amide bonds. The minimum atomic E-state index is -0.592. The minimum Gasteiger partial charge on any atom is -0.507 e. The van der Waals surface area contributed by atoms with Gasteiger partial charge >= 0.3 is 0 Å². The Kier molecular flexibility index (Phi) is 4.93. The number of thiophene rings is 1. The molecule has 2 aromatic rings. The van der Waals surface area contributed by atoms with Crippen molar-refractivity contribution in [3.8, 4) is 17.6 Å². The third kappa shape index (κ3) is 4.05. The number of aromatic hydroxyl groups is 1. The Morgan fingerprint density at radius 3 is 2.95 bits per heavy atom. The SMILES string of the molecule is NCC#Cc1csc(CNC(=O)c2ccc(F)cc2O)c1. The summed E-state index contributed by atoms with van der Waals surface area (Å²) in [6.45, 7) is 0.608. The van der Waals surface area contributed by atoms with Crippen LogP contribution in [-0.4, -0.2) is 17.6 Å². The normalized spacial score (nSPS) is 9.81. The average Bonchev–Trinajstić information content (AvgIpc) is 2.90. The molecule has 0 aliphatic heterocycles. The number of phenolic OH excluding ortho intramolecular Hbond substituents is 1. The van der Waals surface area contributed by atoms with Gasteiger partial charge in [-0.15, -0.1) is 11.3 Å². The molecule has 108 valence electrons. The van der Waals surface area contributed by atoms with E-state index in [4.69, 9.17) is 5.73 Å². The van der Waals surface area contributed by atoms with E-state index in [0.29, 0.717) is 13.1 Å². The molecule has 0 fully saturated rings. The van der Waals surface area contributed by atoms with Crippen molar-refractivity contribution < 1.29 is 14.3 Å². The van der Waals surface area contributed by atoms with E-state index in [-0.39, 0.29) is 11.3 Å². The average molecular weight is 304 g/mol. The topological polar surface area (TPSA) is 75.3 Å². The molecule has 0 aliphatic rings. The highest BCUT2D eigenvalue weighted by atomic mass is 32.1. The van der Waals surface area contributed by atoms with Crippen molar-refractivity contribution in [1.29, 1.82) is 0 Å². The number of amides is 1. The fourth-order valence-corrected chi connectivity index (χ4v) is 2.41. The third-order valence-corrected chi connectivity index (χ3v) is 3.55. The molecule has 0 radical (unpaired) electrons. The maximum atomic E-state index is 12.9. The lowest BCUT2D eigenvalue weighted by Gasteiger charge is -2.05. The molecule has 0 aliphatic carbocycles. The summed E-state index contributed by atoms with van der Waals surface area (Å²) < 4.78 is 12.9. The Hall–Kier alpha value is -2.36. The van der Waals surface area contributed by atoms with Crippen LogP contribution in [0.25, 0.3) is 0 Å². The second kappa shape index (κ2) is 6.88. The molecule has 0 bridgehead atoms. The first-order valence-electron chi connectivity index (χ1n) is 6.13. The molecule has 0 spiro atoms. The molecule has 0 unspecified atom stereocenters. The number of phenols is 1. The quantitative estimate of drug-likeness (QED) is 0.757. The van der Waals surface area contributed by atoms with E-state index in [2.05, 4.69) is 17.2 Å². The molecule has 21 heavy (non-hydrogen) atoms. The molecular weight excluding hydrogens is 291 g/mol. The highest BCUT2D eigenvalue weighted by molar-refractivity contribution is 7.10. The molecule has 1 heterocycles. The van der Waals surface area contributed by atoms with Gasteiger partial charge in [0.2, 0.25) is 0 Å². The Balaban J connectivity index is 1.99. The van der Waals surface area contributed by atoms with E-state index in [0.717, 1.165) is 22.6 Å². The number of carbonyl (C=O) groups excluding carboxylic acids is 1. The van der Waals surface area contributed by atoms with Gasteiger partial charge in [-0.3, -0.25) is 4.79 Å². The smallest absolute Gasteiger partial charge is 0.255 e. The molecule has 1 aromatic carbocycles. The molecule has 6 heteroatoms. The molecule has 1 aromatic heterocycles. The van der Waals surface area contributed by atoms with Crippen LogP contribution in [-0.2, 0) is 6.54 Å². The molecular formula is C15H13FN2O2S. The van der Waals surface area contributed by atoms with Crippen LogP contribution in [0.5, 0.6) is 5.75 Å². The van der Waals surface area contributed by atoms with E-state index < -0.39 is 11.7 Å². The number of hydrogen-bond acceptors (Lipinski definition) is 4. The molecule has 4 nitrogen and oxygen atoms in total. The molecule has 2 rings (SSSR count). The summed E-state index contributed by atoms with van der Waals surface area (Å²) in [5, 5.41) is 14.1. The van der Waals surface area contributed by atoms with Crippen molar-refractivity contribution in [1.82, 2.24) is 5.32 Å². The van der Waals surface area contributed by atoms with Crippen molar-refractivity contribution in [3.63, 3.8) is 0 Å². The number of nitrogens with two attached hydrogens (primary N) is 1. The number of carbonyl (C=O) groups is 1. The van der Waals surface area contributed by atoms with Crippen LogP contribution in [0.1, 0.15) is 20.8 Å². The van der Waals surface area contributed by atoms with Gasteiger partial charge in [0.1, 0.15) is 11.6 Å². The fourth-order valence-electron chi connectivity index (χ4n) is 1.65. The predicted molar refractivity (Wildman–Crippen MR) is 79.5 cm³/mol. The second-order valence-electron chi connectivity index (χ2n) is 4.15. The molecule has 4 N–H and O–H groups in total. The fraction of sp³-hybridized carbons (Fsp3) is 0.133. The number of rotatable bonds is 3. The molecule has 0 atom stereocenters. The van der Waals surface area contributed by atoms with Gasteiger partial charge in [0.15, 0.2) is 0 Å². The van der Waals surface area contributed by atoms with Gasteiger partial charge in [-0.2, -0.15) is 0 Å². The summed E-state index contributed by atoms with van der Waals surface area (Å²) in [6.07, 6.45) is 0. The zero-order valence-corrected chi connectivity index (χ0v) is 11.8. The summed E-state index contributed by atoms with van der Waals surface area (Å²) in [4.78, 5) is 12.8. The predicted octanol–water partition coefficient (Wildman–Crippen LogP) is 1.83. The number of halogens is 1. The van der Waals surface area contributed by atoms with Crippen molar-refractivity contribution in [2.24, 2.45) is 5.73 Å². The Labute approximate surface area is 125 Å². The second-order valence-corrected chi connectivity index (χ2v) is 5.15. The highest BCUT2D eigenvalue weighted by Gasteiger charge is 2.11. The summed E-state index contributed by atoms with van der Waals surface area (Å²) in [6, 6.07) is 5.13. The van der Waals surface area contributed by atoms with Crippen LogP contribution < -0.4 is 11.1 Å². The minimum absolute atomic E-state index is 0.0381. The van der Waals surface area contributed by atoms with Crippen LogP contribution in [0.4, 0.5) is 4.39 Å².